The largest absolute Gasteiger partial charge is 0.486 e. The highest BCUT2D eigenvalue weighted by Crippen LogP contribution is 2.41. The number of nitrogens with zero attached hydrogens (tertiary/aromatic N) is 11. The zero-order valence-electron chi connectivity index (χ0n) is 33.2. The van der Waals surface area contributed by atoms with E-state index in [-0.39, 0.29) is 54.0 Å². The first-order chi connectivity index (χ1) is 30.5. The molecule has 0 fully saturated rings. The van der Waals surface area contributed by atoms with E-state index in [1.165, 1.54) is 56.6 Å². The first-order valence-electron chi connectivity index (χ1n) is 19.4. The summed E-state index contributed by atoms with van der Waals surface area (Å²) in [5.74, 6) is -0.677. The van der Waals surface area contributed by atoms with Crippen molar-refractivity contribution in [3.05, 3.63) is 135 Å². The summed E-state index contributed by atoms with van der Waals surface area (Å²) in [5, 5.41) is 39.2. The number of aromatic carboxylic acids is 1. The van der Waals surface area contributed by atoms with E-state index in [4.69, 9.17) is 9.47 Å². The molecule has 2 unspecified atom stereocenters. The molecule has 0 amide bonds. The van der Waals surface area contributed by atoms with E-state index in [1.54, 1.807) is 49.0 Å². The molecule has 18 nitrogen and oxygen atoms in total. The summed E-state index contributed by atoms with van der Waals surface area (Å²) in [4.78, 5) is 42.4. The molecule has 2 atom stereocenters. The van der Waals surface area contributed by atoms with Gasteiger partial charge < -0.3 is 29.8 Å². The third-order valence-electron chi connectivity index (χ3n) is 11.3. The van der Waals surface area contributed by atoms with Crippen LogP contribution in [0.4, 0.5) is 20.7 Å². The Morgan fingerprint density at radius 2 is 1.37 bits per heavy atom. The maximum Gasteiger partial charge on any atom is 0.356 e. The Balaban J connectivity index is 0.875. The average Bonchev–Trinajstić information content (AvgIpc) is 4.13. The third-order valence-corrected chi connectivity index (χ3v) is 11.3. The van der Waals surface area contributed by atoms with Crippen molar-refractivity contribution in [3.8, 4) is 46.0 Å². The van der Waals surface area contributed by atoms with Crippen LogP contribution in [0.15, 0.2) is 78.2 Å². The lowest BCUT2D eigenvalue weighted by Gasteiger charge is -2.18. The van der Waals surface area contributed by atoms with Gasteiger partial charge in [-0.2, -0.15) is 15.6 Å². The number of nitrogens with one attached hydrogen (secondary N) is 2. The van der Waals surface area contributed by atoms with Crippen LogP contribution >= 0.6 is 0 Å². The van der Waals surface area contributed by atoms with E-state index in [2.05, 4.69) is 35.7 Å². The van der Waals surface area contributed by atoms with Crippen LogP contribution in [0.25, 0.3) is 33.7 Å². The molecular formula is C43H31F2N13O5. The lowest BCUT2D eigenvalue weighted by molar-refractivity contribution is 0.0689. The van der Waals surface area contributed by atoms with Crippen LogP contribution in [0, 0.1) is 34.3 Å². The number of hydrogen-bond acceptors (Lipinski definition) is 13. The maximum absolute atomic E-state index is 15.7. The average molecular weight is 848 g/mol. The Morgan fingerprint density at radius 3 is 1.89 bits per heavy atom. The fraction of sp³-hybridized carbons (Fsp3) is 0.186. The van der Waals surface area contributed by atoms with Crippen LogP contribution in [-0.4, -0.2) is 66.4 Å². The zero-order valence-corrected chi connectivity index (χ0v) is 33.2. The molecule has 0 aliphatic carbocycles. The van der Waals surface area contributed by atoms with Crippen molar-refractivity contribution in [2.75, 3.05) is 10.6 Å². The lowest BCUT2D eigenvalue weighted by atomic mass is 9.96. The number of rotatable bonds is 10. The Labute approximate surface area is 353 Å². The Kier molecular flexibility index (Phi) is 9.06. The predicted octanol–water partition coefficient (Wildman–Crippen LogP) is 4.79. The molecule has 63 heavy (non-hydrogen) atoms. The zero-order chi connectivity index (χ0) is 43.7. The van der Waals surface area contributed by atoms with Crippen molar-refractivity contribution in [1.29, 1.82) is 10.5 Å². The maximum atomic E-state index is 15.7. The second-order valence-electron chi connectivity index (χ2n) is 15.0. The van der Waals surface area contributed by atoms with E-state index >= 15 is 8.78 Å². The molecule has 0 spiro atoms. The minimum Gasteiger partial charge on any atom is -0.486 e. The van der Waals surface area contributed by atoms with Gasteiger partial charge in [0.1, 0.15) is 47.5 Å². The van der Waals surface area contributed by atoms with Crippen LogP contribution in [0.2, 0.25) is 0 Å². The van der Waals surface area contributed by atoms with Gasteiger partial charge in [-0.25, -0.2) is 33.5 Å². The topological polar surface area (TPSA) is 228 Å². The molecule has 10 rings (SSSR count). The van der Waals surface area contributed by atoms with Crippen molar-refractivity contribution < 1.29 is 28.2 Å². The summed E-state index contributed by atoms with van der Waals surface area (Å²) in [5.41, 5.74) is 3.94. The number of ether oxygens (including phenoxy) is 2. The normalized spacial score (nSPS) is 15.1. The summed E-state index contributed by atoms with van der Waals surface area (Å²) in [6.45, 7) is -0.0295. The molecule has 0 saturated heterocycles. The minimum absolute atomic E-state index is 0.00696. The Bertz CT molecular complexity index is 3380. The van der Waals surface area contributed by atoms with Gasteiger partial charge in [0.2, 0.25) is 11.9 Å². The number of carboxylic acid groups (broad SMARTS) is 1. The van der Waals surface area contributed by atoms with Gasteiger partial charge in [0.25, 0.3) is 5.56 Å². The molecule has 0 bridgehead atoms. The van der Waals surface area contributed by atoms with Crippen LogP contribution in [0.1, 0.15) is 44.1 Å². The molecule has 8 aromatic rings. The summed E-state index contributed by atoms with van der Waals surface area (Å²) in [7, 11) is 3.22. The lowest BCUT2D eigenvalue weighted by Crippen LogP contribution is -2.34. The fourth-order valence-electron chi connectivity index (χ4n) is 8.22. The summed E-state index contributed by atoms with van der Waals surface area (Å²) < 4.78 is 50.0. The molecule has 2 aliphatic heterocycles. The van der Waals surface area contributed by atoms with Gasteiger partial charge in [0.05, 0.1) is 29.2 Å². The number of halogens is 2. The van der Waals surface area contributed by atoms with Gasteiger partial charge in [-0.15, -0.1) is 0 Å². The smallest absolute Gasteiger partial charge is 0.356 e. The Hall–Kier alpha value is -8.65. The molecule has 3 N–H and O–H groups in total. The molecule has 0 saturated carbocycles. The number of aromatic nitrogens is 9. The summed E-state index contributed by atoms with van der Waals surface area (Å²) in [6, 6.07) is 14.6. The van der Waals surface area contributed by atoms with Crippen LogP contribution < -0.4 is 25.7 Å². The first kappa shape index (κ1) is 38.5. The summed E-state index contributed by atoms with van der Waals surface area (Å²) in [6.07, 6.45) is 7.07. The van der Waals surface area contributed by atoms with Gasteiger partial charge in [-0.3, -0.25) is 18.3 Å². The number of benzene rings is 2. The Morgan fingerprint density at radius 1 is 0.825 bits per heavy atom. The van der Waals surface area contributed by atoms with Gasteiger partial charge in [-0.05, 0) is 42.5 Å². The molecule has 8 heterocycles. The van der Waals surface area contributed by atoms with Gasteiger partial charge in [0, 0.05) is 86.4 Å². The molecular weight excluding hydrogens is 817 g/mol. The number of aryl methyl sites for hydroxylation is 2. The molecule has 0 radical (unpaired) electrons. The molecule has 20 heteroatoms. The number of fused-ring (bicyclic) bond motifs is 4. The number of carbonyl (C=O) groups is 1. The van der Waals surface area contributed by atoms with Gasteiger partial charge in [0.15, 0.2) is 28.4 Å². The molecule has 2 aliphatic rings. The molecule has 2 aromatic carbocycles. The van der Waals surface area contributed by atoms with Crippen molar-refractivity contribution in [2.45, 2.75) is 38.1 Å². The van der Waals surface area contributed by atoms with Gasteiger partial charge >= 0.3 is 5.97 Å². The number of carboxylic acids is 1. The van der Waals surface area contributed by atoms with Gasteiger partial charge in [-0.1, -0.05) is 0 Å². The number of imidazole rings is 2. The summed E-state index contributed by atoms with van der Waals surface area (Å²) >= 11 is 0. The van der Waals surface area contributed by atoms with E-state index in [9.17, 15) is 25.2 Å². The fourth-order valence-corrected chi connectivity index (χ4v) is 8.22. The monoisotopic (exact) mass is 847 g/mol. The van der Waals surface area contributed by atoms with E-state index < -0.39 is 29.8 Å². The highest BCUT2D eigenvalue weighted by Gasteiger charge is 2.39. The number of hydrogen-bond donors (Lipinski definition) is 3. The van der Waals surface area contributed by atoms with E-state index in [0.717, 1.165) is 0 Å². The molecule has 6 aromatic heterocycles. The quantitative estimate of drug-likeness (QED) is 0.168. The van der Waals surface area contributed by atoms with Crippen LogP contribution in [0.5, 0.6) is 11.5 Å². The van der Waals surface area contributed by atoms with Crippen LogP contribution in [0.3, 0.4) is 0 Å². The number of pyridine rings is 1. The predicted molar refractivity (Wildman–Crippen MR) is 219 cm³/mol. The first-order valence-corrected chi connectivity index (χ1v) is 19.4. The SMILES string of the molecule is Cn1nc(C(=O)O)cc1-c1cnc(NCc2c(F)ccc3c2CC(C2Cc4c(ccc(F)c4CNc4ncc(-c5cccn(C)c5=O)c5nc(C#N)cn45)O2)O3)n2cc(C#N)nc12. The second kappa shape index (κ2) is 14.8. The highest BCUT2D eigenvalue weighted by molar-refractivity contribution is 5.88. The number of anilines is 2. The minimum atomic E-state index is -1.20. The van der Waals surface area contributed by atoms with E-state index in [0.29, 0.717) is 73.9 Å². The van der Waals surface area contributed by atoms with Crippen molar-refractivity contribution >= 4 is 29.2 Å². The van der Waals surface area contributed by atoms with Crippen molar-refractivity contribution in [1.82, 2.24) is 43.1 Å². The van der Waals surface area contributed by atoms with Crippen LogP contribution in [-0.2, 0) is 40.0 Å². The second-order valence-corrected chi connectivity index (χ2v) is 15.0. The highest BCUT2D eigenvalue weighted by atomic mass is 19.1. The number of nitriles is 2. The standard InChI is InChI=1S/C43H31F2N13O5/c1-55-9-3-4-23(40(55)59)28-17-50-42(57-19-21(13-46)52-38(28)57)48-15-26-24-10-36(62-34(24)7-5-30(26)44)37-11-25-27(31(45)6-8-35(25)63-37)16-49-43-51-18-29(39-53-22(14-47)20-58(39)43)33-12-32(41(60)61)54-56(33)2/h3-9,12,17-20,36-37H,10-11,15-16H2,1-2H3,(H,48,50)(H,49,51)(H,60,61). The van der Waals surface area contributed by atoms with Crippen molar-refractivity contribution in [2.24, 2.45) is 14.1 Å². The van der Waals surface area contributed by atoms with E-state index in [1.807, 2.05) is 12.1 Å². The third kappa shape index (κ3) is 6.48. The van der Waals surface area contributed by atoms with Crippen molar-refractivity contribution in [3.63, 3.8) is 0 Å². The molecule has 312 valence electrons.